The SMILES string of the molecule is Cc1c(C(C)NC(=O)C2CCCN2)cnn1C. The minimum Gasteiger partial charge on any atom is -0.348 e. The van der Waals surface area contributed by atoms with Crippen molar-refractivity contribution in [3.05, 3.63) is 17.5 Å². The minimum absolute atomic E-state index is 0.0126. The van der Waals surface area contributed by atoms with E-state index in [-0.39, 0.29) is 18.0 Å². The van der Waals surface area contributed by atoms with Crippen LogP contribution in [0.1, 0.15) is 37.1 Å². The molecule has 2 N–H and O–H groups in total. The molecule has 1 aromatic rings. The van der Waals surface area contributed by atoms with Gasteiger partial charge in [-0.1, -0.05) is 0 Å². The molecular weight excluding hydrogens is 216 g/mol. The summed E-state index contributed by atoms with van der Waals surface area (Å²) < 4.78 is 1.83. The fourth-order valence-electron chi connectivity index (χ4n) is 2.24. The van der Waals surface area contributed by atoms with E-state index in [1.54, 1.807) is 0 Å². The highest BCUT2D eigenvalue weighted by Crippen LogP contribution is 2.16. The van der Waals surface area contributed by atoms with Crippen molar-refractivity contribution in [2.45, 2.75) is 38.8 Å². The Kier molecular flexibility index (Phi) is 3.47. The lowest BCUT2D eigenvalue weighted by molar-refractivity contribution is -0.123. The van der Waals surface area contributed by atoms with Crippen LogP contribution < -0.4 is 10.6 Å². The third-order valence-corrected chi connectivity index (χ3v) is 3.48. The molecule has 1 aliphatic heterocycles. The van der Waals surface area contributed by atoms with E-state index in [4.69, 9.17) is 0 Å². The lowest BCUT2D eigenvalue weighted by Crippen LogP contribution is -2.41. The zero-order valence-electron chi connectivity index (χ0n) is 10.7. The minimum atomic E-state index is -0.0190. The zero-order valence-corrected chi connectivity index (χ0v) is 10.7. The number of nitrogens with zero attached hydrogens (tertiary/aromatic N) is 2. The van der Waals surface area contributed by atoms with E-state index < -0.39 is 0 Å². The van der Waals surface area contributed by atoms with Gasteiger partial charge in [0.1, 0.15) is 0 Å². The first kappa shape index (κ1) is 12.1. The van der Waals surface area contributed by atoms with E-state index >= 15 is 0 Å². The number of amides is 1. The van der Waals surface area contributed by atoms with Gasteiger partial charge in [0.15, 0.2) is 0 Å². The normalized spacial score (nSPS) is 21.5. The van der Waals surface area contributed by atoms with Gasteiger partial charge in [-0.15, -0.1) is 0 Å². The molecule has 2 heterocycles. The van der Waals surface area contributed by atoms with Crippen LogP contribution in [-0.2, 0) is 11.8 Å². The summed E-state index contributed by atoms with van der Waals surface area (Å²) in [4.78, 5) is 11.9. The van der Waals surface area contributed by atoms with Crippen LogP contribution in [0.3, 0.4) is 0 Å². The quantitative estimate of drug-likeness (QED) is 0.810. The van der Waals surface area contributed by atoms with Crippen LogP contribution >= 0.6 is 0 Å². The third kappa shape index (κ3) is 2.49. The molecular formula is C12H20N4O. The molecule has 1 aliphatic rings. The molecule has 2 atom stereocenters. The van der Waals surface area contributed by atoms with Crippen LogP contribution in [0.5, 0.6) is 0 Å². The number of hydrogen-bond acceptors (Lipinski definition) is 3. The second kappa shape index (κ2) is 4.87. The van der Waals surface area contributed by atoms with Crippen molar-refractivity contribution in [3.8, 4) is 0 Å². The van der Waals surface area contributed by atoms with Crippen molar-refractivity contribution < 1.29 is 4.79 Å². The fraction of sp³-hybridized carbons (Fsp3) is 0.667. The molecule has 1 amide bonds. The van der Waals surface area contributed by atoms with Crippen LogP contribution in [0.2, 0.25) is 0 Å². The third-order valence-electron chi connectivity index (χ3n) is 3.48. The number of aryl methyl sites for hydroxylation is 1. The molecule has 0 aromatic carbocycles. The standard InChI is InChI=1S/C12H20N4O/c1-8(10-7-14-16(3)9(10)2)15-12(17)11-5-4-6-13-11/h7-8,11,13H,4-6H2,1-3H3,(H,15,17). The summed E-state index contributed by atoms with van der Waals surface area (Å²) in [5.41, 5.74) is 2.18. The summed E-state index contributed by atoms with van der Waals surface area (Å²) in [6, 6.07) is -0.00646. The summed E-state index contributed by atoms with van der Waals surface area (Å²) in [6.07, 6.45) is 3.84. The van der Waals surface area contributed by atoms with Gasteiger partial charge in [0, 0.05) is 18.3 Å². The first-order valence-electron chi connectivity index (χ1n) is 6.12. The molecule has 17 heavy (non-hydrogen) atoms. The molecule has 1 saturated heterocycles. The van der Waals surface area contributed by atoms with E-state index in [1.807, 2.05) is 31.8 Å². The highest BCUT2D eigenvalue weighted by Gasteiger charge is 2.24. The Bertz CT molecular complexity index is 407. The molecule has 1 fully saturated rings. The number of carbonyl (C=O) groups is 1. The average molecular weight is 236 g/mol. The Morgan fingerprint density at radius 1 is 1.71 bits per heavy atom. The number of nitrogens with one attached hydrogen (secondary N) is 2. The average Bonchev–Trinajstić information content (AvgIpc) is 2.90. The summed E-state index contributed by atoms with van der Waals surface area (Å²) in [5.74, 6) is 0.0956. The molecule has 94 valence electrons. The van der Waals surface area contributed by atoms with Crippen molar-refractivity contribution in [3.63, 3.8) is 0 Å². The van der Waals surface area contributed by atoms with E-state index in [1.165, 1.54) is 0 Å². The first-order chi connectivity index (χ1) is 8.09. The van der Waals surface area contributed by atoms with Gasteiger partial charge >= 0.3 is 0 Å². The molecule has 1 aromatic heterocycles. The summed E-state index contributed by atoms with van der Waals surface area (Å²) in [5, 5.41) is 10.4. The molecule has 0 aliphatic carbocycles. The van der Waals surface area contributed by atoms with Gasteiger partial charge in [0.2, 0.25) is 5.91 Å². The topological polar surface area (TPSA) is 59.0 Å². The van der Waals surface area contributed by atoms with Gasteiger partial charge in [-0.2, -0.15) is 5.10 Å². The highest BCUT2D eigenvalue weighted by molar-refractivity contribution is 5.82. The Hall–Kier alpha value is -1.36. The predicted octanol–water partition coefficient (Wildman–Crippen LogP) is 0.658. The molecule has 0 saturated carbocycles. The van der Waals surface area contributed by atoms with Crippen LogP contribution in [0.25, 0.3) is 0 Å². The van der Waals surface area contributed by atoms with E-state index in [0.717, 1.165) is 30.6 Å². The van der Waals surface area contributed by atoms with Gasteiger partial charge in [0.25, 0.3) is 0 Å². The van der Waals surface area contributed by atoms with Gasteiger partial charge in [-0.3, -0.25) is 9.48 Å². The predicted molar refractivity (Wildman–Crippen MR) is 65.5 cm³/mol. The van der Waals surface area contributed by atoms with E-state index in [0.29, 0.717) is 0 Å². The lowest BCUT2D eigenvalue weighted by Gasteiger charge is -2.17. The maximum absolute atomic E-state index is 11.9. The van der Waals surface area contributed by atoms with Crippen molar-refractivity contribution >= 4 is 5.91 Å². The molecule has 0 bridgehead atoms. The number of carbonyl (C=O) groups excluding carboxylic acids is 1. The van der Waals surface area contributed by atoms with Gasteiger partial charge in [0.05, 0.1) is 18.3 Å². The Balaban J connectivity index is 1.98. The smallest absolute Gasteiger partial charge is 0.237 e. The first-order valence-corrected chi connectivity index (χ1v) is 6.12. The van der Waals surface area contributed by atoms with E-state index in [9.17, 15) is 4.79 Å². The van der Waals surface area contributed by atoms with Crippen molar-refractivity contribution in [1.29, 1.82) is 0 Å². The second-order valence-corrected chi connectivity index (χ2v) is 4.69. The maximum atomic E-state index is 11.9. The molecule has 5 heteroatoms. The lowest BCUT2D eigenvalue weighted by atomic mass is 10.1. The van der Waals surface area contributed by atoms with Gasteiger partial charge in [-0.25, -0.2) is 0 Å². The van der Waals surface area contributed by atoms with Crippen molar-refractivity contribution in [2.75, 3.05) is 6.54 Å². The molecule has 2 rings (SSSR count). The Labute approximate surface area is 102 Å². The monoisotopic (exact) mass is 236 g/mol. The van der Waals surface area contributed by atoms with Crippen LogP contribution in [0, 0.1) is 6.92 Å². The van der Waals surface area contributed by atoms with Crippen LogP contribution in [0.15, 0.2) is 6.20 Å². The molecule has 0 radical (unpaired) electrons. The van der Waals surface area contributed by atoms with Crippen LogP contribution in [-0.4, -0.2) is 28.3 Å². The maximum Gasteiger partial charge on any atom is 0.237 e. The number of rotatable bonds is 3. The van der Waals surface area contributed by atoms with Crippen LogP contribution in [0.4, 0.5) is 0 Å². The summed E-state index contributed by atoms with van der Waals surface area (Å²) in [7, 11) is 1.91. The largest absolute Gasteiger partial charge is 0.348 e. The fourth-order valence-corrected chi connectivity index (χ4v) is 2.24. The Morgan fingerprint density at radius 2 is 2.47 bits per heavy atom. The molecule has 2 unspecified atom stereocenters. The van der Waals surface area contributed by atoms with Gasteiger partial charge < -0.3 is 10.6 Å². The summed E-state index contributed by atoms with van der Waals surface area (Å²) >= 11 is 0. The zero-order chi connectivity index (χ0) is 12.4. The number of aromatic nitrogens is 2. The number of hydrogen-bond donors (Lipinski definition) is 2. The molecule has 0 spiro atoms. The second-order valence-electron chi connectivity index (χ2n) is 4.69. The van der Waals surface area contributed by atoms with Crippen molar-refractivity contribution in [2.24, 2.45) is 7.05 Å². The highest BCUT2D eigenvalue weighted by atomic mass is 16.2. The Morgan fingerprint density at radius 3 is 3.00 bits per heavy atom. The van der Waals surface area contributed by atoms with Gasteiger partial charge in [-0.05, 0) is 33.2 Å². The molecule has 5 nitrogen and oxygen atoms in total. The van der Waals surface area contributed by atoms with Crippen molar-refractivity contribution in [1.82, 2.24) is 20.4 Å². The van der Waals surface area contributed by atoms with E-state index in [2.05, 4.69) is 15.7 Å². The summed E-state index contributed by atoms with van der Waals surface area (Å²) in [6.45, 7) is 4.95.